The molecule has 0 radical (unpaired) electrons. The van der Waals surface area contributed by atoms with Gasteiger partial charge in [-0.05, 0) is 20.8 Å². The van der Waals surface area contributed by atoms with Crippen LogP contribution in [0.25, 0.3) is 0 Å². The topological polar surface area (TPSA) is 46.5 Å². The summed E-state index contributed by atoms with van der Waals surface area (Å²) in [6, 6.07) is 0. The lowest BCUT2D eigenvalue weighted by Crippen LogP contribution is -2.32. The van der Waals surface area contributed by atoms with Gasteiger partial charge in [-0.25, -0.2) is 4.79 Å². The first-order chi connectivity index (χ1) is 6.81. The minimum absolute atomic E-state index is 0.392. The number of allylic oxidation sites excluding steroid dienone is 2. The van der Waals surface area contributed by atoms with Crippen molar-refractivity contribution in [3.8, 4) is 0 Å². The number of carbonyl (C=O) groups is 1. The summed E-state index contributed by atoms with van der Waals surface area (Å²) in [4.78, 5) is 11.7. The second-order valence-corrected chi connectivity index (χ2v) is 5.00. The first kappa shape index (κ1) is 12.3. The smallest absolute Gasteiger partial charge is 0.335 e. The van der Waals surface area contributed by atoms with Gasteiger partial charge in [-0.1, -0.05) is 18.2 Å². The molecule has 1 rings (SSSR count). The van der Waals surface area contributed by atoms with Crippen molar-refractivity contribution in [2.75, 3.05) is 0 Å². The second-order valence-electron chi connectivity index (χ2n) is 4.44. The molecule has 0 aromatic rings. The molecule has 0 aliphatic heterocycles. The van der Waals surface area contributed by atoms with Crippen LogP contribution in [0.3, 0.4) is 0 Å². The number of thiol groups is 1. The van der Waals surface area contributed by atoms with E-state index in [4.69, 9.17) is 4.74 Å². The van der Waals surface area contributed by atoms with Gasteiger partial charge < -0.3 is 9.84 Å². The zero-order chi connectivity index (χ0) is 11.6. The summed E-state index contributed by atoms with van der Waals surface area (Å²) in [5.41, 5.74) is -0.138. The molecule has 0 amide bonds. The van der Waals surface area contributed by atoms with Gasteiger partial charge in [0.15, 0.2) is 0 Å². The van der Waals surface area contributed by atoms with Crippen molar-refractivity contribution in [3.63, 3.8) is 0 Å². The van der Waals surface area contributed by atoms with Gasteiger partial charge in [-0.15, -0.1) is 0 Å². The van der Waals surface area contributed by atoms with Gasteiger partial charge in [-0.3, -0.25) is 0 Å². The number of hydrogen-bond acceptors (Lipinski definition) is 4. The lowest BCUT2D eigenvalue weighted by Gasteiger charge is -2.25. The Balaban J connectivity index is 2.76. The average molecular weight is 228 g/mol. The molecule has 0 heterocycles. The van der Waals surface area contributed by atoms with Crippen molar-refractivity contribution in [2.45, 2.75) is 37.7 Å². The highest BCUT2D eigenvalue weighted by Gasteiger charge is 2.28. The van der Waals surface area contributed by atoms with E-state index in [1.165, 1.54) is 0 Å². The van der Waals surface area contributed by atoms with Crippen LogP contribution in [0.4, 0.5) is 0 Å². The van der Waals surface area contributed by atoms with E-state index < -0.39 is 22.9 Å². The minimum atomic E-state index is -0.735. The minimum Gasteiger partial charge on any atom is -0.457 e. The zero-order valence-electron chi connectivity index (χ0n) is 9.10. The van der Waals surface area contributed by atoms with Crippen LogP contribution in [0.15, 0.2) is 23.8 Å². The predicted molar refractivity (Wildman–Crippen MR) is 61.8 cm³/mol. The molecule has 0 aromatic heterocycles. The third-order valence-electron chi connectivity index (χ3n) is 1.86. The number of esters is 1. The van der Waals surface area contributed by atoms with Crippen LogP contribution in [0, 0.1) is 0 Å². The Labute approximate surface area is 95.2 Å². The molecular weight excluding hydrogens is 212 g/mol. The SMILES string of the molecule is CC(C)(C)OC(=O)C1=CC=CC(O)C1S. The maximum atomic E-state index is 11.7. The molecule has 15 heavy (non-hydrogen) atoms. The molecule has 4 heteroatoms. The summed E-state index contributed by atoms with van der Waals surface area (Å²) in [5, 5.41) is 8.97. The van der Waals surface area contributed by atoms with E-state index >= 15 is 0 Å². The van der Waals surface area contributed by atoms with Crippen LogP contribution >= 0.6 is 12.6 Å². The standard InChI is InChI=1S/C11H16O3S/c1-11(2,3)14-10(13)7-5-4-6-8(12)9(7)15/h4-6,8-9,12,15H,1-3H3. The molecule has 2 unspecified atom stereocenters. The number of carbonyl (C=O) groups excluding carboxylic acids is 1. The Morgan fingerprint density at radius 2 is 2.13 bits per heavy atom. The van der Waals surface area contributed by atoms with E-state index in [1.54, 1.807) is 39.0 Å². The van der Waals surface area contributed by atoms with Gasteiger partial charge >= 0.3 is 5.97 Å². The van der Waals surface area contributed by atoms with E-state index in [0.717, 1.165) is 0 Å². The van der Waals surface area contributed by atoms with Crippen LogP contribution in [0.2, 0.25) is 0 Å². The molecule has 0 spiro atoms. The highest BCUT2D eigenvalue weighted by Crippen LogP contribution is 2.22. The van der Waals surface area contributed by atoms with Crippen molar-refractivity contribution in [3.05, 3.63) is 23.8 Å². The van der Waals surface area contributed by atoms with E-state index in [9.17, 15) is 9.90 Å². The van der Waals surface area contributed by atoms with Crippen LogP contribution < -0.4 is 0 Å². The van der Waals surface area contributed by atoms with Crippen LogP contribution in [-0.2, 0) is 9.53 Å². The molecule has 0 bridgehead atoms. The number of ether oxygens (including phenoxy) is 1. The highest BCUT2D eigenvalue weighted by atomic mass is 32.1. The summed E-state index contributed by atoms with van der Waals surface area (Å²) in [6.07, 6.45) is 4.11. The molecule has 0 saturated heterocycles. The van der Waals surface area contributed by atoms with Gasteiger partial charge in [0.1, 0.15) is 5.60 Å². The van der Waals surface area contributed by atoms with Crippen LogP contribution in [-0.4, -0.2) is 28.0 Å². The molecule has 0 aromatic carbocycles. The predicted octanol–water partition coefficient (Wildman–Crippen LogP) is 1.48. The van der Waals surface area contributed by atoms with Crippen molar-refractivity contribution in [2.24, 2.45) is 0 Å². The summed E-state index contributed by atoms with van der Waals surface area (Å²) in [6.45, 7) is 5.40. The maximum absolute atomic E-state index is 11.7. The van der Waals surface area contributed by atoms with Crippen LogP contribution in [0.5, 0.6) is 0 Å². The molecule has 1 aliphatic carbocycles. The Hall–Kier alpha value is -0.740. The first-order valence-electron chi connectivity index (χ1n) is 4.79. The molecule has 84 valence electrons. The van der Waals surface area contributed by atoms with Gasteiger partial charge in [0.2, 0.25) is 0 Å². The molecule has 1 aliphatic rings. The van der Waals surface area contributed by atoms with Gasteiger partial charge in [-0.2, -0.15) is 12.6 Å². The quantitative estimate of drug-likeness (QED) is 0.528. The van der Waals surface area contributed by atoms with E-state index in [2.05, 4.69) is 12.6 Å². The van der Waals surface area contributed by atoms with E-state index in [0.29, 0.717) is 5.57 Å². The van der Waals surface area contributed by atoms with Crippen molar-refractivity contribution < 1.29 is 14.6 Å². The fraction of sp³-hybridized carbons (Fsp3) is 0.545. The summed E-state index contributed by atoms with van der Waals surface area (Å²) < 4.78 is 5.19. The van der Waals surface area contributed by atoms with Crippen LogP contribution in [0.1, 0.15) is 20.8 Å². The third kappa shape index (κ3) is 3.39. The van der Waals surface area contributed by atoms with Crippen molar-refractivity contribution in [1.82, 2.24) is 0 Å². The molecule has 1 N–H and O–H groups in total. The number of aliphatic hydroxyl groups excluding tert-OH is 1. The Bertz CT molecular complexity index is 312. The second kappa shape index (κ2) is 4.41. The third-order valence-corrected chi connectivity index (χ3v) is 2.44. The monoisotopic (exact) mass is 228 g/mol. The first-order valence-corrected chi connectivity index (χ1v) is 5.31. The number of aliphatic hydroxyl groups is 1. The van der Waals surface area contributed by atoms with Gasteiger partial charge in [0.25, 0.3) is 0 Å². The molecule has 0 fully saturated rings. The van der Waals surface area contributed by atoms with E-state index in [-0.39, 0.29) is 0 Å². The summed E-state index contributed by atoms with van der Waals surface area (Å²) in [7, 11) is 0. The summed E-state index contributed by atoms with van der Waals surface area (Å²) >= 11 is 4.17. The highest BCUT2D eigenvalue weighted by molar-refractivity contribution is 7.81. The number of rotatable bonds is 1. The average Bonchev–Trinajstić information content (AvgIpc) is 2.06. The van der Waals surface area contributed by atoms with Gasteiger partial charge in [0.05, 0.1) is 16.9 Å². The Morgan fingerprint density at radius 1 is 1.53 bits per heavy atom. The fourth-order valence-electron chi connectivity index (χ4n) is 1.19. The lowest BCUT2D eigenvalue weighted by molar-refractivity contribution is -0.150. The normalized spacial score (nSPS) is 26.1. The Kier molecular flexibility index (Phi) is 3.62. The fourth-order valence-corrected chi connectivity index (χ4v) is 1.48. The Morgan fingerprint density at radius 3 is 2.67 bits per heavy atom. The largest absolute Gasteiger partial charge is 0.457 e. The van der Waals surface area contributed by atoms with Crippen molar-refractivity contribution >= 4 is 18.6 Å². The molecule has 0 saturated carbocycles. The van der Waals surface area contributed by atoms with Crippen molar-refractivity contribution in [1.29, 1.82) is 0 Å². The molecule has 3 nitrogen and oxygen atoms in total. The number of hydrogen-bond donors (Lipinski definition) is 2. The molecule has 2 atom stereocenters. The molecular formula is C11H16O3S. The summed E-state index contributed by atoms with van der Waals surface area (Å²) in [5.74, 6) is -0.425. The van der Waals surface area contributed by atoms with Gasteiger partial charge in [0, 0.05) is 0 Å². The maximum Gasteiger partial charge on any atom is 0.335 e. The lowest BCUT2D eigenvalue weighted by atomic mass is 10.0. The zero-order valence-corrected chi connectivity index (χ0v) is 9.99. The van der Waals surface area contributed by atoms with E-state index in [1.807, 2.05) is 0 Å².